The predicted octanol–water partition coefficient (Wildman–Crippen LogP) is 3.34. The van der Waals surface area contributed by atoms with Crippen molar-refractivity contribution in [1.29, 1.82) is 0 Å². The number of H-pyrrole nitrogens is 1. The van der Waals surface area contributed by atoms with Gasteiger partial charge >= 0.3 is 0 Å². The topological polar surface area (TPSA) is 49.0 Å². The van der Waals surface area contributed by atoms with Gasteiger partial charge in [0.2, 0.25) is 0 Å². The third kappa shape index (κ3) is 2.96. The summed E-state index contributed by atoms with van der Waals surface area (Å²) >= 11 is 1.74. The van der Waals surface area contributed by atoms with E-state index in [1.165, 1.54) is 29.7 Å². The Balaban J connectivity index is 1.65. The predicted molar refractivity (Wildman–Crippen MR) is 95.1 cm³/mol. The van der Waals surface area contributed by atoms with E-state index in [-0.39, 0.29) is 5.56 Å². The van der Waals surface area contributed by atoms with Crippen molar-refractivity contribution in [2.24, 2.45) is 11.8 Å². The number of nitrogens with zero attached hydrogens (tertiary/aromatic N) is 2. The summed E-state index contributed by atoms with van der Waals surface area (Å²) in [5.41, 5.74) is 1.35. The molecule has 4 rings (SSSR count). The quantitative estimate of drug-likeness (QED) is 0.918. The van der Waals surface area contributed by atoms with Crippen LogP contribution < -0.4 is 5.56 Å². The SMILES string of the molecule is C[C@@H]1C[C@H](C)CN(Cc2nc3sc4c(c3c(=O)[nH]2)CCCC4)C1. The summed E-state index contributed by atoms with van der Waals surface area (Å²) in [6.45, 7) is 7.60. The summed E-state index contributed by atoms with van der Waals surface area (Å²) < 4.78 is 0. The lowest BCUT2D eigenvalue weighted by molar-refractivity contribution is 0.131. The molecule has 0 bridgehead atoms. The number of thiophene rings is 1. The second-order valence-corrected chi connectivity index (χ2v) is 8.63. The number of aromatic amines is 1. The van der Waals surface area contributed by atoms with E-state index >= 15 is 0 Å². The molecule has 0 amide bonds. The van der Waals surface area contributed by atoms with Crippen molar-refractivity contribution in [3.05, 3.63) is 26.6 Å². The first kappa shape index (κ1) is 15.3. The van der Waals surface area contributed by atoms with Crippen LogP contribution in [-0.2, 0) is 19.4 Å². The average molecular weight is 331 g/mol. The van der Waals surface area contributed by atoms with Crippen molar-refractivity contribution in [3.63, 3.8) is 0 Å². The van der Waals surface area contributed by atoms with Crippen molar-refractivity contribution >= 4 is 21.6 Å². The summed E-state index contributed by atoms with van der Waals surface area (Å²) in [4.78, 5) is 25.2. The van der Waals surface area contributed by atoms with E-state index in [0.717, 1.165) is 60.4 Å². The number of likely N-dealkylation sites (tertiary alicyclic amines) is 1. The highest BCUT2D eigenvalue weighted by molar-refractivity contribution is 7.18. The van der Waals surface area contributed by atoms with Gasteiger partial charge in [-0.05, 0) is 49.5 Å². The molecule has 23 heavy (non-hydrogen) atoms. The van der Waals surface area contributed by atoms with Crippen molar-refractivity contribution < 1.29 is 0 Å². The Morgan fingerprint density at radius 3 is 2.74 bits per heavy atom. The van der Waals surface area contributed by atoms with Gasteiger partial charge in [-0.15, -0.1) is 11.3 Å². The van der Waals surface area contributed by atoms with E-state index in [2.05, 4.69) is 23.7 Å². The van der Waals surface area contributed by atoms with Crippen molar-refractivity contribution in [1.82, 2.24) is 14.9 Å². The monoisotopic (exact) mass is 331 g/mol. The summed E-state index contributed by atoms with van der Waals surface area (Å²) in [7, 11) is 0. The van der Waals surface area contributed by atoms with Crippen molar-refractivity contribution in [3.8, 4) is 0 Å². The Morgan fingerprint density at radius 1 is 1.22 bits per heavy atom. The molecule has 0 spiro atoms. The molecule has 1 fully saturated rings. The molecule has 2 aromatic heterocycles. The van der Waals surface area contributed by atoms with Gasteiger partial charge in [0.15, 0.2) is 0 Å². The standard InChI is InChI=1S/C18H25N3OS/c1-11-7-12(2)9-21(8-11)10-15-19-17(22)16-13-5-3-4-6-14(13)23-18(16)20-15/h11-12H,3-10H2,1-2H3,(H,19,20,22)/t11-,12+. The molecular formula is C18H25N3OS. The van der Waals surface area contributed by atoms with Crippen LogP contribution in [0.2, 0.25) is 0 Å². The molecule has 1 aliphatic carbocycles. The van der Waals surface area contributed by atoms with Crippen LogP contribution in [0.3, 0.4) is 0 Å². The second-order valence-electron chi connectivity index (χ2n) is 7.54. The molecule has 3 heterocycles. The highest BCUT2D eigenvalue weighted by atomic mass is 32.1. The number of piperidine rings is 1. The molecule has 1 aliphatic heterocycles. The van der Waals surface area contributed by atoms with Crippen LogP contribution in [0.4, 0.5) is 0 Å². The van der Waals surface area contributed by atoms with E-state index in [9.17, 15) is 4.79 Å². The third-order valence-electron chi connectivity index (χ3n) is 5.19. The molecule has 0 aromatic carbocycles. The highest BCUT2D eigenvalue weighted by Gasteiger charge is 2.24. The maximum absolute atomic E-state index is 12.6. The Bertz CT molecular complexity index is 768. The van der Waals surface area contributed by atoms with E-state index in [4.69, 9.17) is 4.98 Å². The molecule has 0 unspecified atom stereocenters. The number of rotatable bonds is 2. The van der Waals surface area contributed by atoms with Gasteiger partial charge in [0.05, 0.1) is 11.9 Å². The lowest BCUT2D eigenvalue weighted by atomic mass is 9.92. The number of hydrogen-bond acceptors (Lipinski definition) is 4. The van der Waals surface area contributed by atoms with Crippen LogP contribution >= 0.6 is 11.3 Å². The Hall–Kier alpha value is -1.20. The summed E-state index contributed by atoms with van der Waals surface area (Å²) in [6.07, 6.45) is 5.90. The first-order chi connectivity index (χ1) is 11.1. The van der Waals surface area contributed by atoms with Gasteiger partial charge in [-0.25, -0.2) is 4.98 Å². The molecule has 124 valence electrons. The molecule has 1 N–H and O–H groups in total. The highest BCUT2D eigenvalue weighted by Crippen LogP contribution is 2.33. The van der Waals surface area contributed by atoms with Gasteiger partial charge in [0, 0.05) is 18.0 Å². The molecule has 2 aliphatic rings. The molecule has 5 heteroatoms. The summed E-state index contributed by atoms with van der Waals surface area (Å²) in [5, 5.41) is 0.869. The minimum Gasteiger partial charge on any atom is -0.309 e. The Morgan fingerprint density at radius 2 is 1.96 bits per heavy atom. The smallest absolute Gasteiger partial charge is 0.259 e. The summed E-state index contributed by atoms with van der Waals surface area (Å²) in [6, 6.07) is 0. The van der Waals surface area contributed by atoms with Crippen LogP contribution in [0.5, 0.6) is 0 Å². The lowest BCUT2D eigenvalue weighted by Gasteiger charge is -2.34. The molecule has 2 atom stereocenters. The van der Waals surface area contributed by atoms with Crippen molar-refractivity contribution in [2.45, 2.75) is 52.5 Å². The summed E-state index contributed by atoms with van der Waals surface area (Å²) in [5.74, 6) is 2.29. The van der Waals surface area contributed by atoms with Crippen molar-refractivity contribution in [2.75, 3.05) is 13.1 Å². The minimum atomic E-state index is 0.0718. The minimum absolute atomic E-state index is 0.0718. The third-order valence-corrected chi connectivity index (χ3v) is 6.38. The van der Waals surface area contributed by atoms with E-state index < -0.39 is 0 Å². The van der Waals surface area contributed by atoms with Gasteiger partial charge in [0.25, 0.3) is 5.56 Å². The Labute approximate surface area is 140 Å². The number of nitrogens with one attached hydrogen (secondary N) is 1. The first-order valence-corrected chi connectivity index (χ1v) is 9.67. The van der Waals surface area contributed by atoms with E-state index in [1.807, 2.05) is 0 Å². The lowest BCUT2D eigenvalue weighted by Crippen LogP contribution is -2.38. The Kier molecular flexibility index (Phi) is 4.01. The van der Waals surface area contributed by atoms with Gasteiger partial charge in [-0.3, -0.25) is 9.69 Å². The molecule has 2 aromatic rings. The zero-order chi connectivity index (χ0) is 16.0. The number of aromatic nitrogens is 2. The van der Waals surface area contributed by atoms with Gasteiger partial charge in [-0.1, -0.05) is 13.8 Å². The second kappa shape index (κ2) is 6.02. The van der Waals surface area contributed by atoms with Crippen LogP contribution in [0.25, 0.3) is 10.2 Å². The van der Waals surface area contributed by atoms with Gasteiger partial charge < -0.3 is 4.98 Å². The average Bonchev–Trinajstić information content (AvgIpc) is 2.84. The molecule has 0 radical (unpaired) electrons. The van der Waals surface area contributed by atoms with E-state index in [1.54, 1.807) is 11.3 Å². The molecule has 1 saturated heterocycles. The van der Waals surface area contributed by atoms with Crippen LogP contribution in [0, 0.1) is 11.8 Å². The zero-order valence-corrected chi connectivity index (χ0v) is 14.8. The number of fused-ring (bicyclic) bond motifs is 3. The van der Waals surface area contributed by atoms with Crippen LogP contribution in [0.15, 0.2) is 4.79 Å². The molecular weight excluding hydrogens is 306 g/mol. The molecule has 0 saturated carbocycles. The fraction of sp³-hybridized carbons (Fsp3) is 0.667. The van der Waals surface area contributed by atoms with Crippen LogP contribution in [-0.4, -0.2) is 28.0 Å². The number of hydrogen-bond donors (Lipinski definition) is 1. The fourth-order valence-corrected chi connectivity index (χ4v) is 5.70. The van der Waals surface area contributed by atoms with Crippen LogP contribution in [0.1, 0.15) is 49.4 Å². The maximum atomic E-state index is 12.6. The van der Waals surface area contributed by atoms with E-state index in [0.29, 0.717) is 0 Å². The number of aryl methyl sites for hydroxylation is 2. The fourth-order valence-electron chi connectivity index (χ4n) is 4.42. The van der Waals surface area contributed by atoms with Gasteiger partial charge in [0.1, 0.15) is 10.7 Å². The first-order valence-electron chi connectivity index (χ1n) is 8.86. The zero-order valence-electron chi connectivity index (χ0n) is 14.0. The molecule has 4 nitrogen and oxygen atoms in total. The van der Waals surface area contributed by atoms with Gasteiger partial charge in [-0.2, -0.15) is 0 Å². The normalized spacial score (nSPS) is 25.7. The maximum Gasteiger partial charge on any atom is 0.259 e. The largest absolute Gasteiger partial charge is 0.309 e.